The third-order valence-electron chi connectivity index (χ3n) is 4.56. The Morgan fingerprint density at radius 3 is 2.90 bits per heavy atom. The molecule has 2 heterocycles. The lowest BCUT2D eigenvalue weighted by molar-refractivity contribution is -0.101. The monoisotopic (exact) mass is 279 g/mol. The summed E-state index contributed by atoms with van der Waals surface area (Å²) in [5.74, 6) is 0.119. The van der Waals surface area contributed by atoms with Crippen LogP contribution in [-0.2, 0) is 9.47 Å². The molecular formula is C16H22FNO2. The van der Waals surface area contributed by atoms with Gasteiger partial charge in [0.1, 0.15) is 5.82 Å². The molecule has 20 heavy (non-hydrogen) atoms. The molecule has 3 unspecified atom stereocenters. The summed E-state index contributed by atoms with van der Waals surface area (Å²) >= 11 is 0. The molecule has 110 valence electrons. The Balaban J connectivity index is 1.77. The number of aryl methyl sites for hydroxylation is 1. The van der Waals surface area contributed by atoms with Gasteiger partial charge in [0.25, 0.3) is 0 Å². The maximum absolute atomic E-state index is 13.5. The zero-order valence-electron chi connectivity index (χ0n) is 11.9. The maximum Gasteiger partial charge on any atom is 0.123 e. The third kappa shape index (κ3) is 2.73. The second-order valence-corrected chi connectivity index (χ2v) is 6.17. The molecule has 3 nitrogen and oxygen atoms in total. The second-order valence-electron chi connectivity index (χ2n) is 6.17. The van der Waals surface area contributed by atoms with Crippen LogP contribution in [0.5, 0.6) is 0 Å². The van der Waals surface area contributed by atoms with Gasteiger partial charge in [-0.1, -0.05) is 6.07 Å². The van der Waals surface area contributed by atoms with Gasteiger partial charge in [0.15, 0.2) is 0 Å². The fourth-order valence-corrected chi connectivity index (χ4v) is 3.46. The highest BCUT2D eigenvalue weighted by atomic mass is 19.1. The number of benzene rings is 1. The lowest BCUT2D eigenvalue weighted by Crippen LogP contribution is -2.43. The molecule has 4 heteroatoms. The van der Waals surface area contributed by atoms with E-state index in [4.69, 9.17) is 15.2 Å². The van der Waals surface area contributed by atoms with Crippen LogP contribution >= 0.6 is 0 Å². The Labute approximate surface area is 119 Å². The van der Waals surface area contributed by atoms with E-state index in [1.165, 1.54) is 6.07 Å². The average molecular weight is 279 g/mol. The van der Waals surface area contributed by atoms with Crippen LogP contribution in [0.2, 0.25) is 0 Å². The molecular weight excluding hydrogens is 257 g/mol. The van der Waals surface area contributed by atoms with Crippen molar-refractivity contribution in [3.8, 4) is 0 Å². The molecule has 2 N–H and O–H groups in total. The largest absolute Gasteiger partial charge is 0.378 e. The van der Waals surface area contributed by atoms with Gasteiger partial charge < -0.3 is 15.2 Å². The highest BCUT2D eigenvalue weighted by Gasteiger charge is 2.42. The molecule has 0 aliphatic carbocycles. The number of hydrogen-bond donors (Lipinski definition) is 1. The van der Waals surface area contributed by atoms with Gasteiger partial charge in [0.2, 0.25) is 0 Å². The lowest BCUT2D eigenvalue weighted by Gasteiger charge is -2.39. The van der Waals surface area contributed by atoms with E-state index >= 15 is 0 Å². The Hall–Kier alpha value is -0.970. The molecule has 1 aromatic rings. The molecule has 1 spiro atoms. The van der Waals surface area contributed by atoms with E-state index in [0.29, 0.717) is 12.5 Å². The number of halogens is 1. The minimum Gasteiger partial charge on any atom is -0.378 e. The van der Waals surface area contributed by atoms with Gasteiger partial charge in [-0.3, -0.25) is 0 Å². The first kappa shape index (κ1) is 14.0. The molecule has 0 bridgehead atoms. The third-order valence-corrected chi connectivity index (χ3v) is 4.56. The Morgan fingerprint density at radius 2 is 2.20 bits per heavy atom. The van der Waals surface area contributed by atoms with Gasteiger partial charge >= 0.3 is 0 Å². The van der Waals surface area contributed by atoms with Crippen LogP contribution in [0.1, 0.15) is 36.4 Å². The van der Waals surface area contributed by atoms with E-state index in [0.717, 1.165) is 43.6 Å². The Kier molecular flexibility index (Phi) is 3.80. The van der Waals surface area contributed by atoms with Crippen molar-refractivity contribution in [2.75, 3.05) is 19.8 Å². The quantitative estimate of drug-likeness (QED) is 0.905. The van der Waals surface area contributed by atoms with Crippen molar-refractivity contribution in [3.63, 3.8) is 0 Å². The number of hydrogen-bond acceptors (Lipinski definition) is 3. The number of ether oxygens (including phenoxy) is 2. The predicted octanol–water partition coefficient (Wildman–Crippen LogP) is 2.72. The van der Waals surface area contributed by atoms with Crippen molar-refractivity contribution in [3.05, 3.63) is 35.1 Å². The van der Waals surface area contributed by atoms with E-state index in [9.17, 15) is 4.39 Å². The lowest BCUT2D eigenvalue weighted by atomic mass is 9.79. The van der Waals surface area contributed by atoms with Gasteiger partial charge in [0.05, 0.1) is 12.2 Å². The SMILES string of the molecule is Cc1cc(F)cc(C(N)C2CCOC3(CCOC3)C2)c1. The fourth-order valence-electron chi connectivity index (χ4n) is 3.46. The van der Waals surface area contributed by atoms with Crippen molar-refractivity contribution >= 4 is 0 Å². The van der Waals surface area contributed by atoms with Gasteiger partial charge in [-0.25, -0.2) is 4.39 Å². The molecule has 2 saturated heterocycles. The first-order valence-corrected chi connectivity index (χ1v) is 7.32. The summed E-state index contributed by atoms with van der Waals surface area (Å²) in [4.78, 5) is 0. The van der Waals surface area contributed by atoms with E-state index in [1.807, 2.05) is 13.0 Å². The normalized spacial score (nSPS) is 31.6. The van der Waals surface area contributed by atoms with Crippen molar-refractivity contribution in [1.29, 1.82) is 0 Å². The zero-order valence-corrected chi connectivity index (χ0v) is 11.9. The van der Waals surface area contributed by atoms with E-state index in [-0.39, 0.29) is 17.5 Å². The maximum atomic E-state index is 13.5. The fraction of sp³-hybridized carbons (Fsp3) is 0.625. The van der Waals surface area contributed by atoms with Gasteiger partial charge in [0, 0.05) is 25.7 Å². The molecule has 0 radical (unpaired) electrons. The van der Waals surface area contributed by atoms with Crippen LogP contribution in [0.4, 0.5) is 4.39 Å². The molecule has 3 rings (SSSR count). The van der Waals surface area contributed by atoms with Gasteiger partial charge in [-0.2, -0.15) is 0 Å². The summed E-state index contributed by atoms with van der Waals surface area (Å²) in [5.41, 5.74) is 8.06. The van der Waals surface area contributed by atoms with E-state index in [2.05, 4.69) is 0 Å². The average Bonchev–Trinajstić information content (AvgIpc) is 2.85. The molecule has 2 fully saturated rings. The van der Waals surface area contributed by atoms with E-state index < -0.39 is 0 Å². The first-order valence-electron chi connectivity index (χ1n) is 7.32. The summed E-state index contributed by atoms with van der Waals surface area (Å²) in [5, 5.41) is 0. The summed E-state index contributed by atoms with van der Waals surface area (Å²) in [7, 11) is 0. The smallest absolute Gasteiger partial charge is 0.123 e. The first-order chi connectivity index (χ1) is 9.58. The topological polar surface area (TPSA) is 44.5 Å². The van der Waals surface area contributed by atoms with Crippen molar-refractivity contribution < 1.29 is 13.9 Å². The standard InChI is InChI=1S/C16H22FNO2/c1-11-6-13(8-14(17)7-11)15(18)12-2-4-20-16(9-12)3-5-19-10-16/h6-8,12,15H,2-5,9-10,18H2,1H3. The van der Waals surface area contributed by atoms with Crippen LogP contribution in [0.3, 0.4) is 0 Å². The van der Waals surface area contributed by atoms with Gasteiger partial charge in [-0.05, 0) is 48.9 Å². The summed E-state index contributed by atoms with van der Waals surface area (Å²) in [6, 6.07) is 4.95. The molecule has 3 atom stereocenters. The van der Waals surface area contributed by atoms with Crippen molar-refractivity contribution in [2.45, 2.75) is 37.8 Å². The summed E-state index contributed by atoms with van der Waals surface area (Å²) in [6.45, 7) is 4.05. The van der Waals surface area contributed by atoms with Crippen LogP contribution in [-0.4, -0.2) is 25.4 Å². The molecule has 2 aliphatic heterocycles. The zero-order chi connectivity index (χ0) is 14.2. The molecule has 2 aliphatic rings. The van der Waals surface area contributed by atoms with Crippen molar-refractivity contribution in [1.82, 2.24) is 0 Å². The Morgan fingerprint density at radius 1 is 1.35 bits per heavy atom. The minimum atomic E-state index is -0.207. The van der Waals surface area contributed by atoms with Crippen LogP contribution < -0.4 is 5.73 Å². The highest BCUT2D eigenvalue weighted by Crippen LogP contribution is 2.40. The second kappa shape index (κ2) is 5.43. The summed E-state index contributed by atoms with van der Waals surface area (Å²) in [6.07, 6.45) is 2.78. The van der Waals surface area contributed by atoms with Crippen LogP contribution in [0.25, 0.3) is 0 Å². The van der Waals surface area contributed by atoms with Crippen LogP contribution in [0, 0.1) is 18.7 Å². The molecule has 0 saturated carbocycles. The predicted molar refractivity (Wildman–Crippen MR) is 74.9 cm³/mol. The molecule has 1 aromatic carbocycles. The van der Waals surface area contributed by atoms with Crippen molar-refractivity contribution in [2.24, 2.45) is 11.7 Å². The number of rotatable bonds is 2. The number of nitrogens with two attached hydrogens (primary N) is 1. The Bertz CT molecular complexity index is 465. The van der Waals surface area contributed by atoms with Gasteiger partial charge in [-0.15, -0.1) is 0 Å². The van der Waals surface area contributed by atoms with E-state index in [1.54, 1.807) is 6.07 Å². The summed E-state index contributed by atoms with van der Waals surface area (Å²) < 4.78 is 25.0. The highest BCUT2D eigenvalue weighted by molar-refractivity contribution is 5.26. The van der Waals surface area contributed by atoms with Crippen LogP contribution in [0.15, 0.2) is 18.2 Å². The molecule has 0 amide bonds. The minimum absolute atomic E-state index is 0.134. The molecule has 0 aromatic heterocycles.